The number of hydrogen-bond acceptors (Lipinski definition) is 3. The van der Waals surface area contributed by atoms with Crippen LogP contribution < -0.4 is 0 Å². The summed E-state index contributed by atoms with van der Waals surface area (Å²) in [6.07, 6.45) is 0.318. The van der Waals surface area contributed by atoms with Crippen molar-refractivity contribution in [2.24, 2.45) is 0 Å². The van der Waals surface area contributed by atoms with Crippen LogP contribution in [0, 0.1) is 22.7 Å². The van der Waals surface area contributed by atoms with Gasteiger partial charge in [0.05, 0.1) is 24.1 Å². The second-order valence-corrected chi connectivity index (χ2v) is 3.32. The number of amides is 1. The molecule has 4 heteroatoms. The van der Waals surface area contributed by atoms with E-state index in [1.165, 1.54) is 4.90 Å². The summed E-state index contributed by atoms with van der Waals surface area (Å²) < 4.78 is 0. The van der Waals surface area contributed by atoms with Gasteiger partial charge in [-0.15, -0.1) is 0 Å². The Hall–Kier alpha value is -2.33. The Balaban J connectivity index is 2.74. The molecule has 0 fully saturated rings. The van der Waals surface area contributed by atoms with Crippen molar-refractivity contribution in [2.45, 2.75) is 6.42 Å². The summed E-state index contributed by atoms with van der Waals surface area (Å²) in [6.45, 7) is 0.412. The molecule has 0 bridgehead atoms. The van der Waals surface area contributed by atoms with Crippen molar-refractivity contribution >= 4 is 5.91 Å². The monoisotopic (exact) mass is 213 g/mol. The molecule has 1 aromatic carbocycles. The molecule has 0 N–H and O–H groups in total. The fourth-order valence-electron chi connectivity index (χ4n) is 1.23. The Morgan fingerprint density at radius 2 is 1.94 bits per heavy atom. The fraction of sp³-hybridized carbons (Fsp3) is 0.250. The molecule has 0 radical (unpaired) electrons. The van der Waals surface area contributed by atoms with Crippen LogP contribution in [0.2, 0.25) is 0 Å². The molecule has 1 amide bonds. The molecular weight excluding hydrogens is 202 g/mol. The van der Waals surface area contributed by atoms with E-state index < -0.39 is 0 Å². The van der Waals surface area contributed by atoms with E-state index in [1.807, 2.05) is 12.1 Å². The standard InChI is InChI=1S/C12H11N3O/c1-15(8-2-7-13)12(16)11-5-3-10(9-14)4-6-11/h3-6H,2,8H2,1H3. The zero-order valence-corrected chi connectivity index (χ0v) is 8.97. The lowest BCUT2D eigenvalue weighted by atomic mass is 10.1. The van der Waals surface area contributed by atoms with Gasteiger partial charge in [-0.2, -0.15) is 10.5 Å². The molecule has 0 aromatic heterocycles. The quantitative estimate of drug-likeness (QED) is 0.764. The number of carbonyl (C=O) groups is 1. The van der Waals surface area contributed by atoms with E-state index in [2.05, 4.69) is 0 Å². The van der Waals surface area contributed by atoms with Gasteiger partial charge in [-0.25, -0.2) is 0 Å². The van der Waals surface area contributed by atoms with E-state index in [4.69, 9.17) is 10.5 Å². The van der Waals surface area contributed by atoms with Crippen molar-refractivity contribution < 1.29 is 4.79 Å². The van der Waals surface area contributed by atoms with E-state index in [0.717, 1.165) is 0 Å². The molecule has 0 aliphatic carbocycles. The van der Waals surface area contributed by atoms with Gasteiger partial charge in [0, 0.05) is 19.2 Å². The average molecular weight is 213 g/mol. The van der Waals surface area contributed by atoms with Gasteiger partial charge in [-0.3, -0.25) is 4.79 Å². The van der Waals surface area contributed by atoms with Crippen LogP contribution in [0.5, 0.6) is 0 Å². The fourth-order valence-corrected chi connectivity index (χ4v) is 1.23. The summed E-state index contributed by atoms with van der Waals surface area (Å²) in [7, 11) is 1.65. The second-order valence-electron chi connectivity index (χ2n) is 3.32. The molecule has 0 atom stereocenters. The number of nitrogens with zero attached hydrogens (tertiary/aromatic N) is 3. The highest BCUT2D eigenvalue weighted by Crippen LogP contribution is 2.06. The van der Waals surface area contributed by atoms with Gasteiger partial charge in [-0.1, -0.05) is 0 Å². The predicted molar refractivity (Wildman–Crippen MR) is 58.3 cm³/mol. The number of carbonyl (C=O) groups excluding carboxylic acids is 1. The molecule has 1 rings (SSSR count). The van der Waals surface area contributed by atoms with Gasteiger partial charge in [0.25, 0.3) is 5.91 Å². The number of rotatable bonds is 3. The van der Waals surface area contributed by atoms with Crippen LogP contribution in [0.15, 0.2) is 24.3 Å². The molecule has 0 spiro atoms. The molecule has 1 aromatic rings. The first-order valence-electron chi connectivity index (χ1n) is 4.81. The van der Waals surface area contributed by atoms with Crippen LogP contribution in [-0.4, -0.2) is 24.4 Å². The molecule has 4 nitrogen and oxygen atoms in total. The van der Waals surface area contributed by atoms with Crippen molar-refractivity contribution in [3.63, 3.8) is 0 Å². The lowest BCUT2D eigenvalue weighted by Gasteiger charge is -2.15. The minimum Gasteiger partial charge on any atom is -0.341 e. The maximum Gasteiger partial charge on any atom is 0.253 e. The maximum absolute atomic E-state index is 11.8. The summed E-state index contributed by atoms with van der Waals surface area (Å²) in [4.78, 5) is 13.3. The first-order valence-corrected chi connectivity index (χ1v) is 4.81. The normalized spacial score (nSPS) is 8.94. The summed E-state index contributed by atoms with van der Waals surface area (Å²) in [5.41, 5.74) is 1.05. The third kappa shape index (κ3) is 2.83. The first-order chi connectivity index (χ1) is 7.69. The highest BCUT2D eigenvalue weighted by atomic mass is 16.2. The SMILES string of the molecule is CN(CCC#N)C(=O)c1ccc(C#N)cc1. The molecule has 16 heavy (non-hydrogen) atoms. The van der Waals surface area contributed by atoms with Crippen LogP contribution in [0.1, 0.15) is 22.3 Å². The van der Waals surface area contributed by atoms with Crippen LogP contribution in [0.4, 0.5) is 0 Å². The maximum atomic E-state index is 11.8. The van der Waals surface area contributed by atoms with Crippen molar-refractivity contribution in [2.75, 3.05) is 13.6 Å². The van der Waals surface area contributed by atoms with Crippen LogP contribution in [0.3, 0.4) is 0 Å². The Kier molecular flexibility index (Phi) is 4.06. The third-order valence-corrected chi connectivity index (χ3v) is 2.17. The summed E-state index contributed by atoms with van der Waals surface area (Å²) in [6, 6.07) is 10.4. The Morgan fingerprint density at radius 3 is 2.44 bits per heavy atom. The second kappa shape index (κ2) is 5.53. The summed E-state index contributed by atoms with van der Waals surface area (Å²) >= 11 is 0. The van der Waals surface area contributed by atoms with E-state index >= 15 is 0 Å². The van der Waals surface area contributed by atoms with Gasteiger partial charge in [0.15, 0.2) is 0 Å². The Labute approximate surface area is 94.3 Å². The first kappa shape index (κ1) is 11.7. The molecular formula is C12H11N3O. The number of benzene rings is 1. The molecule has 0 heterocycles. The van der Waals surface area contributed by atoms with Gasteiger partial charge >= 0.3 is 0 Å². The molecule has 0 unspecified atom stereocenters. The van der Waals surface area contributed by atoms with Crippen LogP contribution in [-0.2, 0) is 0 Å². The number of nitriles is 2. The van der Waals surface area contributed by atoms with Gasteiger partial charge in [0.1, 0.15) is 0 Å². The van der Waals surface area contributed by atoms with Gasteiger partial charge in [0.2, 0.25) is 0 Å². The Morgan fingerprint density at radius 1 is 1.31 bits per heavy atom. The van der Waals surface area contributed by atoms with E-state index in [9.17, 15) is 4.79 Å². The minimum atomic E-state index is -0.139. The molecule has 0 saturated carbocycles. The van der Waals surface area contributed by atoms with Gasteiger partial charge < -0.3 is 4.90 Å². The largest absolute Gasteiger partial charge is 0.341 e. The lowest BCUT2D eigenvalue weighted by Crippen LogP contribution is -2.27. The highest BCUT2D eigenvalue weighted by Gasteiger charge is 2.10. The van der Waals surface area contributed by atoms with Crippen LogP contribution in [0.25, 0.3) is 0 Å². The zero-order chi connectivity index (χ0) is 12.0. The Bertz CT molecular complexity index is 451. The van der Waals surface area contributed by atoms with Gasteiger partial charge in [-0.05, 0) is 24.3 Å². The molecule has 0 aliphatic heterocycles. The molecule has 0 saturated heterocycles. The predicted octanol–water partition coefficient (Wildman–Crippen LogP) is 1.54. The summed E-state index contributed by atoms with van der Waals surface area (Å²) in [5.74, 6) is -0.139. The third-order valence-electron chi connectivity index (χ3n) is 2.17. The van der Waals surface area contributed by atoms with Crippen molar-refractivity contribution in [1.29, 1.82) is 10.5 Å². The lowest BCUT2D eigenvalue weighted by molar-refractivity contribution is 0.0798. The summed E-state index contributed by atoms with van der Waals surface area (Å²) in [5, 5.41) is 17.0. The number of hydrogen-bond donors (Lipinski definition) is 0. The van der Waals surface area contributed by atoms with E-state index in [1.54, 1.807) is 31.3 Å². The molecule has 0 aliphatic rings. The average Bonchev–Trinajstić information content (AvgIpc) is 2.35. The molecule has 80 valence electrons. The zero-order valence-electron chi connectivity index (χ0n) is 8.97. The smallest absolute Gasteiger partial charge is 0.253 e. The highest BCUT2D eigenvalue weighted by molar-refractivity contribution is 5.94. The van der Waals surface area contributed by atoms with Crippen molar-refractivity contribution in [3.05, 3.63) is 35.4 Å². The van der Waals surface area contributed by atoms with Crippen LogP contribution >= 0.6 is 0 Å². The van der Waals surface area contributed by atoms with Crippen molar-refractivity contribution in [3.8, 4) is 12.1 Å². The van der Waals surface area contributed by atoms with E-state index in [0.29, 0.717) is 24.1 Å². The van der Waals surface area contributed by atoms with E-state index in [-0.39, 0.29) is 5.91 Å². The van der Waals surface area contributed by atoms with Crippen molar-refractivity contribution in [1.82, 2.24) is 4.90 Å². The minimum absolute atomic E-state index is 0.139. The topological polar surface area (TPSA) is 67.9 Å².